The molecule has 0 radical (unpaired) electrons. The van der Waals surface area contributed by atoms with Gasteiger partial charge >= 0.3 is 0 Å². The number of carbonyl (C=O) groups excluding carboxylic acids is 1. The van der Waals surface area contributed by atoms with E-state index in [1.54, 1.807) is 0 Å². The van der Waals surface area contributed by atoms with E-state index in [0.29, 0.717) is 5.92 Å². The predicted molar refractivity (Wildman–Crippen MR) is 127 cm³/mol. The Morgan fingerprint density at radius 3 is 2.71 bits per heavy atom. The molecule has 1 aliphatic heterocycles. The van der Waals surface area contributed by atoms with Crippen molar-refractivity contribution in [1.82, 2.24) is 14.9 Å². The number of imidazole rings is 1. The largest absolute Gasteiger partial charge is 0.356 e. The number of amides is 1. The van der Waals surface area contributed by atoms with Crippen molar-refractivity contribution in [2.75, 3.05) is 24.5 Å². The number of nitrogens with zero attached hydrogens (tertiary/aromatic N) is 3. The molecular weight excluding hydrogens is 384 g/mol. The number of fused-ring (bicyclic) bond motifs is 1. The number of hydrogen-bond acceptors (Lipinski definition) is 3. The van der Waals surface area contributed by atoms with Crippen molar-refractivity contribution >= 4 is 22.9 Å². The molecule has 1 amide bonds. The van der Waals surface area contributed by atoms with Crippen molar-refractivity contribution in [2.24, 2.45) is 11.8 Å². The van der Waals surface area contributed by atoms with E-state index in [-0.39, 0.29) is 11.8 Å². The first-order valence-corrected chi connectivity index (χ1v) is 11.6. The predicted octanol–water partition coefficient (Wildman–Crippen LogP) is 4.66. The molecule has 2 heterocycles. The van der Waals surface area contributed by atoms with Gasteiger partial charge in [0.05, 0.1) is 17.0 Å². The highest BCUT2D eigenvalue weighted by Crippen LogP contribution is 2.27. The Bertz CT molecular complexity index is 995. The lowest BCUT2D eigenvalue weighted by atomic mass is 9.97. The fourth-order valence-electron chi connectivity index (χ4n) is 4.41. The number of aromatic nitrogens is 2. The third-order valence-corrected chi connectivity index (χ3v) is 6.20. The van der Waals surface area contributed by atoms with E-state index in [0.717, 1.165) is 68.8 Å². The van der Waals surface area contributed by atoms with Gasteiger partial charge in [0.25, 0.3) is 0 Å². The minimum atomic E-state index is 0.0308. The van der Waals surface area contributed by atoms with E-state index >= 15 is 0 Å². The lowest BCUT2D eigenvalue weighted by Gasteiger charge is -2.33. The van der Waals surface area contributed by atoms with Gasteiger partial charge in [0.2, 0.25) is 11.9 Å². The fraction of sp³-hybridized carbons (Fsp3) is 0.462. The van der Waals surface area contributed by atoms with Crippen LogP contribution in [0.15, 0.2) is 54.6 Å². The second kappa shape index (κ2) is 9.99. The number of para-hydroxylation sites is 2. The van der Waals surface area contributed by atoms with Gasteiger partial charge in [-0.05, 0) is 49.3 Å². The molecule has 31 heavy (non-hydrogen) atoms. The SMILES string of the molecule is CC(C)CCNC(=O)[C@H]1CCCN(c2nc3ccccc3n2CCc2ccccc2)C1. The molecule has 0 aliphatic carbocycles. The van der Waals surface area contributed by atoms with Crippen LogP contribution in [0.2, 0.25) is 0 Å². The van der Waals surface area contributed by atoms with E-state index in [4.69, 9.17) is 4.98 Å². The summed E-state index contributed by atoms with van der Waals surface area (Å²) in [6.07, 6.45) is 3.96. The van der Waals surface area contributed by atoms with Crippen LogP contribution in [0, 0.1) is 11.8 Å². The first kappa shape index (κ1) is 21.4. The molecule has 0 saturated carbocycles. The number of piperidine rings is 1. The lowest BCUT2D eigenvalue weighted by Crippen LogP contribution is -2.44. The highest BCUT2D eigenvalue weighted by Gasteiger charge is 2.28. The highest BCUT2D eigenvalue weighted by molar-refractivity contribution is 5.81. The molecule has 0 unspecified atom stereocenters. The van der Waals surface area contributed by atoms with Gasteiger partial charge in [-0.1, -0.05) is 56.3 Å². The summed E-state index contributed by atoms with van der Waals surface area (Å²) in [7, 11) is 0. The van der Waals surface area contributed by atoms with Crippen LogP contribution in [0.25, 0.3) is 11.0 Å². The Balaban J connectivity index is 1.51. The Labute approximate surface area is 185 Å². The maximum Gasteiger partial charge on any atom is 0.224 e. The summed E-state index contributed by atoms with van der Waals surface area (Å²) >= 11 is 0. The summed E-state index contributed by atoms with van der Waals surface area (Å²) in [5.74, 6) is 1.82. The fourth-order valence-corrected chi connectivity index (χ4v) is 4.41. The van der Waals surface area contributed by atoms with Crippen molar-refractivity contribution in [3.05, 3.63) is 60.2 Å². The Hall–Kier alpha value is -2.82. The van der Waals surface area contributed by atoms with E-state index in [1.165, 1.54) is 5.56 Å². The van der Waals surface area contributed by atoms with Gasteiger partial charge in [-0.2, -0.15) is 0 Å². The quantitative estimate of drug-likeness (QED) is 0.579. The molecule has 5 heteroatoms. The van der Waals surface area contributed by atoms with E-state index in [9.17, 15) is 4.79 Å². The first-order chi connectivity index (χ1) is 15.1. The molecule has 1 fully saturated rings. The average molecular weight is 419 g/mol. The van der Waals surface area contributed by atoms with Crippen LogP contribution < -0.4 is 10.2 Å². The zero-order chi connectivity index (χ0) is 21.6. The van der Waals surface area contributed by atoms with Gasteiger partial charge in [0.1, 0.15) is 0 Å². The topological polar surface area (TPSA) is 50.2 Å². The van der Waals surface area contributed by atoms with Crippen LogP contribution in [-0.4, -0.2) is 35.1 Å². The second-order valence-corrected chi connectivity index (χ2v) is 9.05. The number of anilines is 1. The van der Waals surface area contributed by atoms with Gasteiger partial charge in [-0.3, -0.25) is 4.79 Å². The molecule has 0 spiro atoms. The minimum Gasteiger partial charge on any atom is -0.356 e. The maximum absolute atomic E-state index is 12.8. The number of hydrogen-bond donors (Lipinski definition) is 1. The standard InChI is InChI=1S/C26H34N4O/c1-20(2)14-16-27-25(31)22-11-8-17-29(19-22)26-28-23-12-6-7-13-24(23)30(26)18-15-21-9-4-3-5-10-21/h3-7,9-10,12-13,20,22H,8,11,14-19H2,1-2H3,(H,27,31)/t22-/m0/s1. The monoisotopic (exact) mass is 418 g/mol. The van der Waals surface area contributed by atoms with Crippen LogP contribution >= 0.6 is 0 Å². The van der Waals surface area contributed by atoms with Crippen molar-refractivity contribution in [2.45, 2.75) is 46.1 Å². The van der Waals surface area contributed by atoms with E-state index in [2.05, 4.69) is 77.2 Å². The minimum absolute atomic E-state index is 0.0308. The molecular formula is C26H34N4O. The van der Waals surface area contributed by atoms with Crippen molar-refractivity contribution in [1.29, 1.82) is 0 Å². The Morgan fingerprint density at radius 1 is 1.13 bits per heavy atom. The van der Waals surface area contributed by atoms with Gasteiger partial charge in [0, 0.05) is 26.2 Å². The van der Waals surface area contributed by atoms with Crippen LogP contribution in [-0.2, 0) is 17.8 Å². The number of nitrogens with one attached hydrogen (secondary N) is 1. The highest BCUT2D eigenvalue weighted by atomic mass is 16.1. The van der Waals surface area contributed by atoms with Crippen LogP contribution in [0.5, 0.6) is 0 Å². The van der Waals surface area contributed by atoms with Gasteiger partial charge in [-0.25, -0.2) is 4.98 Å². The van der Waals surface area contributed by atoms with Crippen LogP contribution in [0.4, 0.5) is 5.95 Å². The van der Waals surface area contributed by atoms with E-state index in [1.807, 2.05) is 6.07 Å². The molecule has 4 rings (SSSR count). The third kappa shape index (κ3) is 5.27. The van der Waals surface area contributed by atoms with Crippen LogP contribution in [0.1, 0.15) is 38.7 Å². The van der Waals surface area contributed by atoms with Gasteiger partial charge in [-0.15, -0.1) is 0 Å². The molecule has 1 N–H and O–H groups in total. The normalized spacial score (nSPS) is 16.7. The Morgan fingerprint density at radius 2 is 1.90 bits per heavy atom. The van der Waals surface area contributed by atoms with Crippen molar-refractivity contribution in [3.63, 3.8) is 0 Å². The smallest absolute Gasteiger partial charge is 0.224 e. The molecule has 1 saturated heterocycles. The summed E-state index contributed by atoms with van der Waals surface area (Å²) in [6.45, 7) is 7.71. The molecule has 0 bridgehead atoms. The summed E-state index contributed by atoms with van der Waals surface area (Å²) in [5.41, 5.74) is 3.51. The summed E-state index contributed by atoms with van der Waals surface area (Å²) < 4.78 is 2.33. The molecule has 5 nitrogen and oxygen atoms in total. The number of rotatable bonds is 8. The van der Waals surface area contributed by atoms with Gasteiger partial charge in [0.15, 0.2) is 0 Å². The molecule has 1 atom stereocenters. The first-order valence-electron chi connectivity index (χ1n) is 11.6. The van der Waals surface area contributed by atoms with Gasteiger partial charge < -0.3 is 14.8 Å². The molecule has 1 aliphatic rings. The second-order valence-electron chi connectivity index (χ2n) is 9.05. The summed E-state index contributed by atoms with van der Waals surface area (Å²) in [4.78, 5) is 20.1. The third-order valence-electron chi connectivity index (χ3n) is 6.20. The average Bonchev–Trinajstić information content (AvgIpc) is 3.17. The van der Waals surface area contributed by atoms with Crippen molar-refractivity contribution in [3.8, 4) is 0 Å². The molecule has 3 aromatic rings. The lowest BCUT2D eigenvalue weighted by molar-refractivity contribution is -0.125. The maximum atomic E-state index is 12.8. The summed E-state index contributed by atoms with van der Waals surface area (Å²) in [5, 5.41) is 3.15. The van der Waals surface area contributed by atoms with Crippen molar-refractivity contribution < 1.29 is 4.79 Å². The van der Waals surface area contributed by atoms with E-state index < -0.39 is 0 Å². The number of aryl methyl sites for hydroxylation is 2. The zero-order valence-corrected chi connectivity index (χ0v) is 18.8. The number of carbonyl (C=O) groups is 1. The zero-order valence-electron chi connectivity index (χ0n) is 18.8. The summed E-state index contributed by atoms with van der Waals surface area (Å²) in [6, 6.07) is 18.9. The Kier molecular flexibility index (Phi) is 6.90. The number of benzene rings is 2. The molecule has 164 valence electrons. The molecule has 2 aromatic carbocycles. The van der Waals surface area contributed by atoms with Crippen LogP contribution in [0.3, 0.4) is 0 Å². The molecule has 1 aromatic heterocycles.